The fourth-order valence-corrected chi connectivity index (χ4v) is 4.28. The SMILES string of the molecule is CCOc1ccccc1CCCNC(=O)C1CCCN(Cc2nc(-c3ccc(F)cc3)no2)C1. The quantitative estimate of drug-likeness (QED) is 0.450. The molecule has 2 aromatic carbocycles. The second-order valence-corrected chi connectivity index (χ2v) is 8.53. The van der Waals surface area contributed by atoms with Crippen LogP contribution in [0.1, 0.15) is 37.6 Å². The maximum absolute atomic E-state index is 13.1. The summed E-state index contributed by atoms with van der Waals surface area (Å²) in [4.78, 5) is 19.4. The number of nitrogens with zero attached hydrogens (tertiary/aromatic N) is 3. The van der Waals surface area contributed by atoms with Crippen LogP contribution in [0.2, 0.25) is 0 Å². The summed E-state index contributed by atoms with van der Waals surface area (Å²) in [6.45, 7) is 5.29. The van der Waals surface area contributed by atoms with Crippen molar-refractivity contribution in [2.75, 3.05) is 26.2 Å². The molecule has 3 aromatic rings. The molecule has 1 aromatic heterocycles. The van der Waals surface area contributed by atoms with Gasteiger partial charge in [0.2, 0.25) is 17.6 Å². The summed E-state index contributed by atoms with van der Waals surface area (Å²) in [6.07, 6.45) is 3.54. The maximum atomic E-state index is 13.1. The van der Waals surface area contributed by atoms with Crippen LogP contribution in [-0.4, -0.2) is 47.2 Å². The first kappa shape index (κ1) is 23.9. The zero-order valence-electron chi connectivity index (χ0n) is 19.5. The van der Waals surface area contributed by atoms with E-state index in [1.165, 1.54) is 17.7 Å². The lowest BCUT2D eigenvalue weighted by molar-refractivity contribution is -0.126. The third-order valence-corrected chi connectivity index (χ3v) is 6.00. The number of rotatable bonds is 10. The smallest absolute Gasteiger partial charge is 0.241 e. The van der Waals surface area contributed by atoms with E-state index in [0.29, 0.717) is 43.5 Å². The number of aromatic nitrogens is 2. The number of likely N-dealkylation sites (tertiary alicyclic amines) is 1. The monoisotopic (exact) mass is 466 g/mol. The van der Waals surface area contributed by atoms with Gasteiger partial charge in [-0.05, 0) is 75.0 Å². The molecule has 1 unspecified atom stereocenters. The van der Waals surface area contributed by atoms with Crippen molar-refractivity contribution in [3.05, 3.63) is 65.8 Å². The van der Waals surface area contributed by atoms with Crippen LogP contribution in [-0.2, 0) is 17.8 Å². The van der Waals surface area contributed by atoms with Gasteiger partial charge < -0.3 is 14.6 Å². The van der Waals surface area contributed by atoms with E-state index in [-0.39, 0.29) is 17.6 Å². The van der Waals surface area contributed by atoms with Gasteiger partial charge in [0.05, 0.1) is 19.1 Å². The molecule has 0 saturated carbocycles. The zero-order valence-corrected chi connectivity index (χ0v) is 19.5. The van der Waals surface area contributed by atoms with Gasteiger partial charge in [0.15, 0.2) is 0 Å². The Morgan fingerprint density at radius 2 is 2.06 bits per heavy atom. The number of nitrogens with one attached hydrogen (secondary N) is 1. The van der Waals surface area contributed by atoms with E-state index in [4.69, 9.17) is 9.26 Å². The van der Waals surface area contributed by atoms with Crippen molar-refractivity contribution < 1.29 is 18.4 Å². The van der Waals surface area contributed by atoms with E-state index >= 15 is 0 Å². The highest BCUT2D eigenvalue weighted by Crippen LogP contribution is 2.21. The van der Waals surface area contributed by atoms with Crippen molar-refractivity contribution in [2.24, 2.45) is 5.92 Å². The molecule has 4 rings (SSSR count). The molecule has 1 atom stereocenters. The number of carbonyl (C=O) groups excluding carboxylic acids is 1. The van der Waals surface area contributed by atoms with E-state index in [2.05, 4.69) is 26.4 Å². The van der Waals surface area contributed by atoms with E-state index in [1.54, 1.807) is 12.1 Å². The summed E-state index contributed by atoms with van der Waals surface area (Å²) in [7, 11) is 0. The Hall–Kier alpha value is -3.26. The largest absolute Gasteiger partial charge is 0.494 e. The van der Waals surface area contributed by atoms with Crippen molar-refractivity contribution in [1.82, 2.24) is 20.4 Å². The van der Waals surface area contributed by atoms with Gasteiger partial charge in [0, 0.05) is 18.7 Å². The lowest BCUT2D eigenvalue weighted by Crippen LogP contribution is -2.43. The molecule has 180 valence electrons. The summed E-state index contributed by atoms with van der Waals surface area (Å²) in [5.41, 5.74) is 1.87. The fourth-order valence-electron chi connectivity index (χ4n) is 4.28. The highest BCUT2D eigenvalue weighted by atomic mass is 19.1. The number of hydrogen-bond donors (Lipinski definition) is 1. The number of benzene rings is 2. The van der Waals surface area contributed by atoms with Crippen LogP contribution < -0.4 is 10.1 Å². The predicted molar refractivity (Wildman–Crippen MR) is 127 cm³/mol. The van der Waals surface area contributed by atoms with Crippen LogP contribution in [0.3, 0.4) is 0 Å². The molecular weight excluding hydrogens is 435 g/mol. The number of carbonyl (C=O) groups is 1. The molecule has 1 saturated heterocycles. The number of hydrogen-bond acceptors (Lipinski definition) is 6. The fraction of sp³-hybridized carbons (Fsp3) is 0.423. The molecule has 1 aliphatic heterocycles. The highest BCUT2D eigenvalue weighted by molar-refractivity contribution is 5.78. The van der Waals surface area contributed by atoms with E-state index in [9.17, 15) is 9.18 Å². The van der Waals surface area contributed by atoms with Gasteiger partial charge in [0.1, 0.15) is 11.6 Å². The van der Waals surface area contributed by atoms with Gasteiger partial charge >= 0.3 is 0 Å². The van der Waals surface area contributed by atoms with Crippen LogP contribution in [0, 0.1) is 11.7 Å². The topological polar surface area (TPSA) is 80.5 Å². The maximum Gasteiger partial charge on any atom is 0.241 e. The average molecular weight is 467 g/mol. The normalized spacial score (nSPS) is 16.4. The number of aryl methyl sites for hydroxylation is 1. The average Bonchev–Trinajstić information content (AvgIpc) is 3.32. The van der Waals surface area contributed by atoms with Crippen molar-refractivity contribution in [3.8, 4) is 17.1 Å². The third-order valence-electron chi connectivity index (χ3n) is 6.00. The summed E-state index contributed by atoms with van der Waals surface area (Å²) in [5.74, 6) is 1.59. The van der Waals surface area contributed by atoms with Gasteiger partial charge in [-0.3, -0.25) is 9.69 Å². The number of piperidine rings is 1. The molecular formula is C26H31FN4O3. The second-order valence-electron chi connectivity index (χ2n) is 8.53. The predicted octanol–water partition coefficient (Wildman–Crippen LogP) is 4.24. The number of halogens is 1. The van der Waals surface area contributed by atoms with Crippen molar-refractivity contribution >= 4 is 5.91 Å². The van der Waals surface area contributed by atoms with Crippen LogP contribution in [0.4, 0.5) is 4.39 Å². The number of amides is 1. The van der Waals surface area contributed by atoms with Gasteiger partial charge in [-0.2, -0.15) is 4.98 Å². The minimum absolute atomic E-state index is 0.0519. The first-order chi connectivity index (χ1) is 16.6. The Balaban J connectivity index is 1.23. The lowest BCUT2D eigenvalue weighted by Gasteiger charge is -2.30. The molecule has 1 aliphatic rings. The highest BCUT2D eigenvalue weighted by Gasteiger charge is 2.26. The molecule has 0 radical (unpaired) electrons. The summed E-state index contributed by atoms with van der Waals surface area (Å²) >= 11 is 0. The van der Waals surface area contributed by atoms with Gasteiger partial charge in [-0.25, -0.2) is 4.39 Å². The summed E-state index contributed by atoms with van der Waals surface area (Å²) in [5, 5.41) is 7.11. The first-order valence-electron chi connectivity index (χ1n) is 11.9. The molecule has 1 amide bonds. The molecule has 0 bridgehead atoms. The Morgan fingerprint density at radius 1 is 1.24 bits per heavy atom. The molecule has 0 spiro atoms. The minimum Gasteiger partial charge on any atom is -0.494 e. The van der Waals surface area contributed by atoms with E-state index in [0.717, 1.165) is 38.0 Å². The Bertz CT molecular complexity index is 1070. The molecule has 2 heterocycles. The summed E-state index contributed by atoms with van der Waals surface area (Å²) in [6, 6.07) is 14.0. The van der Waals surface area contributed by atoms with E-state index < -0.39 is 0 Å². The molecule has 0 aliphatic carbocycles. The number of para-hydroxylation sites is 1. The molecule has 1 N–H and O–H groups in total. The lowest BCUT2D eigenvalue weighted by atomic mass is 9.97. The van der Waals surface area contributed by atoms with Crippen molar-refractivity contribution in [2.45, 2.75) is 39.2 Å². The molecule has 8 heteroatoms. The van der Waals surface area contributed by atoms with Crippen LogP contribution in [0.5, 0.6) is 5.75 Å². The van der Waals surface area contributed by atoms with Gasteiger partial charge in [-0.15, -0.1) is 0 Å². The van der Waals surface area contributed by atoms with Crippen LogP contribution in [0.15, 0.2) is 53.1 Å². The first-order valence-corrected chi connectivity index (χ1v) is 11.9. The van der Waals surface area contributed by atoms with Gasteiger partial charge in [-0.1, -0.05) is 23.4 Å². The second kappa shape index (κ2) is 11.7. The zero-order chi connectivity index (χ0) is 23.8. The van der Waals surface area contributed by atoms with E-state index in [1.807, 2.05) is 25.1 Å². The standard InChI is InChI=1S/C26H31FN4O3/c1-2-33-23-10-4-3-7-19(23)8-5-15-28-26(32)21-9-6-16-31(17-21)18-24-29-25(30-34-24)20-11-13-22(27)14-12-20/h3-4,7,10-14,21H,2,5-6,8-9,15-18H2,1H3,(H,28,32). The third kappa shape index (κ3) is 6.41. The van der Waals surface area contributed by atoms with Crippen molar-refractivity contribution in [1.29, 1.82) is 0 Å². The minimum atomic E-state index is -0.305. The van der Waals surface area contributed by atoms with Crippen LogP contribution in [0.25, 0.3) is 11.4 Å². The Morgan fingerprint density at radius 3 is 2.88 bits per heavy atom. The molecule has 7 nitrogen and oxygen atoms in total. The van der Waals surface area contributed by atoms with Gasteiger partial charge in [0.25, 0.3) is 0 Å². The number of ether oxygens (including phenoxy) is 1. The Kier molecular flexibility index (Phi) is 8.25. The molecule has 34 heavy (non-hydrogen) atoms. The van der Waals surface area contributed by atoms with Crippen molar-refractivity contribution in [3.63, 3.8) is 0 Å². The Labute approximate surface area is 199 Å². The summed E-state index contributed by atoms with van der Waals surface area (Å²) < 4.78 is 24.2. The molecule has 1 fully saturated rings. The van der Waals surface area contributed by atoms with Crippen LogP contribution >= 0.6 is 0 Å².